The van der Waals surface area contributed by atoms with Crippen LogP contribution >= 0.6 is 12.1 Å². The number of aryl methyl sites for hydroxylation is 2. The molecule has 0 unspecified atom stereocenters. The maximum Gasteiger partial charge on any atom is 0.412 e. The summed E-state index contributed by atoms with van der Waals surface area (Å²) in [5.74, 6) is 0.205. The summed E-state index contributed by atoms with van der Waals surface area (Å²) in [6.07, 6.45) is -3.79. The molecule has 38 heavy (non-hydrogen) atoms. The van der Waals surface area contributed by atoms with Crippen molar-refractivity contribution < 1.29 is 36.2 Å². The van der Waals surface area contributed by atoms with Crippen molar-refractivity contribution >= 4 is 18.2 Å². The fourth-order valence-corrected chi connectivity index (χ4v) is 3.70. The van der Waals surface area contributed by atoms with Crippen LogP contribution in [0.1, 0.15) is 42.8 Å². The molecule has 1 heterocycles. The number of alkyl halides is 3. The number of rotatable bonds is 13. The van der Waals surface area contributed by atoms with Crippen LogP contribution in [0.5, 0.6) is 0 Å². The molecule has 1 aromatic heterocycles. The van der Waals surface area contributed by atoms with Gasteiger partial charge in [0, 0.05) is 22.5 Å². The molecule has 1 N–H and O–H groups in total. The molecule has 0 aliphatic carbocycles. The van der Waals surface area contributed by atoms with Crippen molar-refractivity contribution in [2.45, 2.75) is 51.3 Å². The number of nitrogens with zero attached hydrogens (tertiary/aromatic N) is 2. The molecule has 0 saturated carbocycles. The summed E-state index contributed by atoms with van der Waals surface area (Å²) in [5.41, 5.74) is 1.61. The quantitative estimate of drug-likeness (QED) is 0.177. The fourth-order valence-electron chi connectivity index (χ4n) is 3.30. The molecule has 0 radical (unpaired) electrons. The van der Waals surface area contributed by atoms with E-state index < -0.39 is 11.7 Å². The highest BCUT2D eigenvalue weighted by Gasteiger charge is 2.33. The summed E-state index contributed by atoms with van der Waals surface area (Å²) in [7, 11) is 0. The van der Waals surface area contributed by atoms with Crippen LogP contribution in [0.15, 0.2) is 57.5 Å². The van der Waals surface area contributed by atoms with Gasteiger partial charge in [0.25, 0.3) is 0 Å². The lowest BCUT2D eigenvalue weighted by atomic mass is 10.0. The van der Waals surface area contributed by atoms with E-state index in [0.717, 1.165) is 11.6 Å². The minimum absolute atomic E-state index is 0.0389. The predicted octanol–water partition coefficient (Wildman–Crippen LogP) is 7.15. The summed E-state index contributed by atoms with van der Waals surface area (Å²) in [5, 5.41) is 12.5. The Morgan fingerprint density at radius 1 is 1.08 bits per heavy atom. The highest BCUT2D eigenvalue weighted by atomic mass is 32.2. The normalized spacial score (nSPS) is 11.8. The zero-order valence-electron chi connectivity index (χ0n) is 21.6. The van der Waals surface area contributed by atoms with Crippen molar-refractivity contribution in [3.8, 4) is 11.4 Å². The molecular formula is C27H32F4N2O4S. The Labute approximate surface area is 224 Å². The van der Waals surface area contributed by atoms with E-state index in [9.17, 15) is 17.1 Å². The molecule has 0 bridgehead atoms. The van der Waals surface area contributed by atoms with Gasteiger partial charge in [0.1, 0.15) is 0 Å². The van der Waals surface area contributed by atoms with Crippen LogP contribution in [-0.4, -0.2) is 47.9 Å². The molecule has 0 aliphatic rings. The Hall–Kier alpha value is -2.73. The number of ether oxygens (including phenoxy) is 2. The predicted molar refractivity (Wildman–Crippen MR) is 139 cm³/mol. The number of halogens is 4. The smallest absolute Gasteiger partial charge is 0.394 e. The van der Waals surface area contributed by atoms with Gasteiger partial charge in [-0.05, 0) is 42.2 Å². The minimum Gasteiger partial charge on any atom is -0.394 e. The van der Waals surface area contributed by atoms with Crippen molar-refractivity contribution in [3.63, 3.8) is 0 Å². The SMILES string of the molecule is CC.Cc1ccccc1/C=C(/CCc1nc(-c2ccc(COCCOCCO)c(SF)c2)no1)C(F)(F)F. The molecule has 0 saturated heterocycles. The van der Waals surface area contributed by atoms with Crippen molar-refractivity contribution in [1.29, 1.82) is 0 Å². The van der Waals surface area contributed by atoms with E-state index in [1.54, 1.807) is 43.3 Å². The van der Waals surface area contributed by atoms with Gasteiger partial charge in [0.2, 0.25) is 11.7 Å². The van der Waals surface area contributed by atoms with Crippen LogP contribution in [-0.2, 0) is 22.5 Å². The zero-order chi connectivity index (χ0) is 28.0. The van der Waals surface area contributed by atoms with Crippen LogP contribution < -0.4 is 0 Å². The molecule has 2 aromatic carbocycles. The van der Waals surface area contributed by atoms with Gasteiger partial charge in [-0.2, -0.15) is 22.0 Å². The van der Waals surface area contributed by atoms with Crippen LogP contribution in [0, 0.1) is 6.92 Å². The molecule has 0 amide bonds. The first-order valence-electron chi connectivity index (χ1n) is 12.2. The topological polar surface area (TPSA) is 77.6 Å². The highest BCUT2D eigenvalue weighted by molar-refractivity contribution is 7.94. The molecule has 208 valence electrons. The molecule has 3 aromatic rings. The Morgan fingerprint density at radius 2 is 1.82 bits per heavy atom. The Bertz CT molecular complexity index is 1150. The molecule has 0 aliphatic heterocycles. The molecule has 6 nitrogen and oxygen atoms in total. The molecule has 3 rings (SSSR count). The molecule has 0 spiro atoms. The maximum absolute atomic E-state index is 13.6. The van der Waals surface area contributed by atoms with E-state index in [1.807, 2.05) is 13.8 Å². The maximum atomic E-state index is 13.6. The summed E-state index contributed by atoms with van der Waals surface area (Å²) in [6, 6.07) is 11.7. The highest BCUT2D eigenvalue weighted by Crippen LogP contribution is 2.32. The van der Waals surface area contributed by atoms with Gasteiger partial charge in [0.05, 0.1) is 45.2 Å². The Morgan fingerprint density at radius 3 is 2.50 bits per heavy atom. The Kier molecular flexibility index (Phi) is 13.5. The standard InChI is InChI=1S/C25H26F4N2O4S.C2H6/c1-17-4-2-3-5-18(17)14-21(25(26,27)28)8-9-23-30-24(31-35-23)19-6-7-20(22(15-19)36-29)16-34-13-12-33-11-10-32;1-2/h2-7,14-15,32H,8-13,16H2,1H3;1-2H3/b21-14-;. The lowest BCUT2D eigenvalue weighted by molar-refractivity contribution is -0.0930. The zero-order valence-corrected chi connectivity index (χ0v) is 22.4. The van der Waals surface area contributed by atoms with Gasteiger partial charge in [-0.15, -0.1) is 0 Å². The van der Waals surface area contributed by atoms with Crippen molar-refractivity contribution in [2.24, 2.45) is 0 Å². The van der Waals surface area contributed by atoms with E-state index in [2.05, 4.69) is 10.1 Å². The number of hydrogen-bond donors (Lipinski definition) is 1. The van der Waals surface area contributed by atoms with Gasteiger partial charge < -0.3 is 19.1 Å². The number of benzene rings is 2. The third kappa shape index (κ3) is 9.86. The van der Waals surface area contributed by atoms with Crippen LogP contribution in [0.25, 0.3) is 17.5 Å². The molecule has 11 heteroatoms. The van der Waals surface area contributed by atoms with Gasteiger partial charge in [0.15, 0.2) is 0 Å². The van der Waals surface area contributed by atoms with E-state index in [4.69, 9.17) is 19.1 Å². The summed E-state index contributed by atoms with van der Waals surface area (Å²) < 4.78 is 70.0. The van der Waals surface area contributed by atoms with Crippen LogP contribution in [0.3, 0.4) is 0 Å². The van der Waals surface area contributed by atoms with Crippen molar-refractivity contribution in [1.82, 2.24) is 10.1 Å². The van der Waals surface area contributed by atoms with Gasteiger partial charge in [-0.3, -0.25) is 0 Å². The lowest BCUT2D eigenvalue weighted by Gasteiger charge is -2.11. The number of aromatic nitrogens is 2. The monoisotopic (exact) mass is 556 g/mol. The van der Waals surface area contributed by atoms with Crippen LogP contribution in [0.2, 0.25) is 0 Å². The third-order valence-electron chi connectivity index (χ3n) is 5.23. The summed E-state index contributed by atoms with van der Waals surface area (Å²) in [4.78, 5) is 4.50. The van der Waals surface area contributed by atoms with Gasteiger partial charge in [-0.1, -0.05) is 55.4 Å². The average molecular weight is 557 g/mol. The third-order valence-corrected chi connectivity index (χ3v) is 5.78. The summed E-state index contributed by atoms with van der Waals surface area (Å²) in [6.45, 7) is 6.63. The second kappa shape index (κ2) is 16.3. The van der Waals surface area contributed by atoms with Gasteiger partial charge in [-0.25, -0.2) is 0 Å². The van der Waals surface area contributed by atoms with E-state index in [0.29, 0.717) is 28.2 Å². The van der Waals surface area contributed by atoms with E-state index >= 15 is 0 Å². The average Bonchev–Trinajstić information content (AvgIpc) is 3.39. The summed E-state index contributed by atoms with van der Waals surface area (Å²) >= 11 is 0.0389. The number of hydrogen-bond acceptors (Lipinski definition) is 7. The number of aliphatic hydroxyl groups is 1. The second-order valence-electron chi connectivity index (χ2n) is 7.82. The van der Waals surface area contributed by atoms with Crippen LogP contribution in [0.4, 0.5) is 17.1 Å². The Balaban J connectivity index is 0.00000247. The first-order chi connectivity index (χ1) is 18.3. The number of aliphatic hydroxyl groups excluding tert-OH is 1. The van der Waals surface area contributed by atoms with Crippen molar-refractivity contribution in [2.75, 3.05) is 26.4 Å². The largest absolute Gasteiger partial charge is 0.412 e. The fraction of sp³-hybridized carbons (Fsp3) is 0.407. The number of allylic oxidation sites excluding steroid dienone is 1. The van der Waals surface area contributed by atoms with Crippen molar-refractivity contribution in [3.05, 3.63) is 70.6 Å². The van der Waals surface area contributed by atoms with Gasteiger partial charge >= 0.3 is 6.18 Å². The lowest BCUT2D eigenvalue weighted by Crippen LogP contribution is -2.13. The molecular weight excluding hydrogens is 524 g/mol. The first-order valence-corrected chi connectivity index (χ1v) is 12.9. The molecule has 0 fully saturated rings. The molecule has 0 atom stereocenters. The van der Waals surface area contributed by atoms with E-state index in [-0.39, 0.29) is 63.1 Å². The second-order valence-corrected chi connectivity index (χ2v) is 8.42. The first kappa shape index (κ1) is 31.5. The van der Waals surface area contributed by atoms with E-state index in [1.165, 1.54) is 6.07 Å². The minimum atomic E-state index is -4.50.